The van der Waals surface area contributed by atoms with E-state index in [0.717, 1.165) is 25.7 Å². The van der Waals surface area contributed by atoms with Crippen molar-refractivity contribution in [1.29, 1.82) is 0 Å². The molecule has 2 aromatic heterocycles. The Balaban J connectivity index is 1.47. The number of halogens is 1. The molecule has 1 amide bonds. The van der Waals surface area contributed by atoms with Gasteiger partial charge in [0.25, 0.3) is 0 Å². The number of carbonyl (C=O) groups is 3. The molecule has 7 atom stereocenters. The van der Waals surface area contributed by atoms with Crippen LogP contribution in [0.25, 0.3) is 11.2 Å². The first-order valence-electron chi connectivity index (χ1n) is 16.7. The minimum Gasteiger partial charge on any atom is -0.463 e. The SMILES string of the molecule is CC(C)OC(=O)[C@H](C)CP(=O)(CC(=O)N(C)C[C@H]1O[C@@H](n2cnc3c(NC4CCCC4)nc(Cl)nc32)[C@H](O)[C@@H]1O)N[C@@H](C)C(=O)OC(C)C. The number of esters is 2. The van der Waals surface area contributed by atoms with Crippen molar-refractivity contribution in [3.63, 3.8) is 0 Å². The van der Waals surface area contributed by atoms with Gasteiger partial charge in [-0.3, -0.25) is 24.0 Å². The Morgan fingerprint density at radius 2 is 1.69 bits per heavy atom. The number of imidazole rings is 1. The number of hydrogen-bond donors (Lipinski definition) is 4. The summed E-state index contributed by atoms with van der Waals surface area (Å²) in [4.78, 5) is 52.9. The maximum absolute atomic E-state index is 14.2. The fourth-order valence-electron chi connectivity index (χ4n) is 6.03. The molecule has 1 unspecified atom stereocenters. The summed E-state index contributed by atoms with van der Waals surface area (Å²) >= 11 is 6.26. The smallest absolute Gasteiger partial charge is 0.323 e. The summed E-state index contributed by atoms with van der Waals surface area (Å²) < 4.78 is 32.3. The van der Waals surface area contributed by atoms with Gasteiger partial charge < -0.3 is 39.2 Å². The Bertz CT molecular complexity index is 1500. The number of aliphatic hydroxyl groups excluding tert-OH is 2. The second-order valence-electron chi connectivity index (χ2n) is 13.6. The molecule has 4 rings (SSSR count). The first-order valence-corrected chi connectivity index (χ1v) is 19.1. The highest BCUT2D eigenvalue weighted by molar-refractivity contribution is 7.62. The van der Waals surface area contributed by atoms with Gasteiger partial charge in [-0.15, -0.1) is 0 Å². The predicted octanol–water partition coefficient (Wildman–Crippen LogP) is 2.71. The predicted molar refractivity (Wildman–Crippen MR) is 181 cm³/mol. The van der Waals surface area contributed by atoms with Crippen LogP contribution in [0, 0.1) is 5.92 Å². The van der Waals surface area contributed by atoms with Gasteiger partial charge in [0.2, 0.25) is 11.2 Å². The lowest BCUT2D eigenvalue weighted by Crippen LogP contribution is -2.43. The number of fused-ring (bicyclic) bond motifs is 1. The van der Waals surface area contributed by atoms with Crippen LogP contribution in [0.1, 0.15) is 73.5 Å². The molecule has 274 valence electrons. The molecule has 2 aliphatic rings. The molecular weight excluding hydrogens is 681 g/mol. The zero-order valence-electron chi connectivity index (χ0n) is 29.0. The number of aromatic nitrogens is 4. The van der Waals surface area contributed by atoms with Crippen LogP contribution in [-0.2, 0) is 33.2 Å². The number of carbonyl (C=O) groups excluding carboxylic acids is 3. The number of hydrogen-bond acceptors (Lipinski definition) is 13. The monoisotopic (exact) mass is 729 g/mol. The third-order valence-corrected chi connectivity index (χ3v) is 11.4. The average molecular weight is 730 g/mol. The van der Waals surface area contributed by atoms with Crippen LogP contribution in [0.3, 0.4) is 0 Å². The second kappa shape index (κ2) is 16.4. The van der Waals surface area contributed by atoms with Crippen LogP contribution in [0.15, 0.2) is 6.33 Å². The Kier molecular flexibility index (Phi) is 13.0. The van der Waals surface area contributed by atoms with Crippen LogP contribution in [0.5, 0.6) is 0 Å². The first kappa shape index (κ1) is 38.9. The topological polar surface area (TPSA) is 207 Å². The van der Waals surface area contributed by atoms with E-state index in [9.17, 15) is 29.2 Å². The molecule has 4 N–H and O–H groups in total. The number of anilines is 1. The van der Waals surface area contributed by atoms with Crippen molar-refractivity contribution in [2.75, 3.05) is 31.2 Å². The van der Waals surface area contributed by atoms with E-state index in [1.807, 2.05) is 0 Å². The van der Waals surface area contributed by atoms with Crippen molar-refractivity contribution in [3.8, 4) is 0 Å². The van der Waals surface area contributed by atoms with Gasteiger partial charge in [0.05, 0.1) is 30.6 Å². The third kappa shape index (κ3) is 9.89. The van der Waals surface area contributed by atoms with Crippen molar-refractivity contribution in [2.24, 2.45) is 5.92 Å². The van der Waals surface area contributed by atoms with Crippen molar-refractivity contribution in [3.05, 3.63) is 11.6 Å². The van der Waals surface area contributed by atoms with Gasteiger partial charge in [-0.25, -0.2) is 4.98 Å². The molecule has 0 bridgehead atoms. The van der Waals surface area contributed by atoms with Crippen LogP contribution < -0.4 is 10.4 Å². The molecule has 49 heavy (non-hydrogen) atoms. The first-order chi connectivity index (χ1) is 23.0. The van der Waals surface area contributed by atoms with Crippen LogP contribution in [0.2, 0.25) is 5.28 Å². The van der Waals surface area contributed by atoms with Crippen molar-refractivity contribution in [2.45, 2.75) is 116 Å². The number of aliphatic hydroxyl groups is 2. The van der Waals surface area contributed by atoms with Gasteiger partial charge >= 0.3 is 11.9 Å². The number of likely N-dealkylation sites (N-methyl/N-ethyl adjacent to an activating group) is 1. The van der Waals surface area contributed by atoms with Gasteiger partial charge in [-0.1, -0.05) is 19.8 Å². The highest BCUT2D eigenvalue weighted by atomic mass is 35.5. The largest absolute Gasteiger partial charge is 0.463 e. The Hall–Kier alpha value is -2.88. The molecule has 3 heterocycles. The highest BCUT2D eigenvalue weighted by Gasteiger charge is 2.45. The molecule has 1 aliphatic carbocycles. The van der Waals surface area contributed by atoms with Crippen LogP contribution in [-0.4, -0.2) is 121 Å². The van der Waals surface area contributed by atoms with Crippen molar-refractivity contribution >= 4 is 53.7 Å². The molecule has 1 saturated heterocycles. The van der Waals surface area contributed by atoms with E-state index in [0.29, 0.717) is 17.0 Å². The van der Waals surface area contributed by atoms with Gasteiger partial charge in [0.1, 0.15) is 24.4 Å². The summed E-state index contributed by atoms with van der Waals surface area (Å²) in [5.74, 6) is -2.23. The fourth-order valence-corrected chi connectivity index (χ4v) is 9.04. The van der Waals surface area contributed by atoms with E-state index >= 15 is 0 Å². The molecule has 0 radical (unpaired) electrons. The van der Waals surface area contributed by atoms with Crippen molar-refractivity contribution < 1.29 is 43.4 Å². The normalized spacial score (nSPS) is 23.8. The maximum Gasteiger partial charge on any atom is 0.323 e. The molecular formula is C31H49ClN7O9P. The lowest BCUT2D eigenvalue weighted by molar-refractivity contribution is -0.151. The summed E-state index contributed by atoms with van der Waals surface area (Å²) in [5.41, 5.74) is 0.725. The number of rotatable bonds is 15. The Morgan fingerprint density at radius 1 is 1.06 bits per heavy atom. The average Bonchev–Trinajstić information content (AvgIpc) is 3.73. The molecule has 18 heteroatoms. The number of nitrogens with one attached hydrogen (secondary N) is 2. The highest BCUT2D eigenvalue weighted by Crippen LogP contribution is 2.44. The van der Waals surface area contributed by atoms with E-state index in [4.69, 9.17) is 25.8 Å². The molecule has 2 fully saturated rings. The van der Waals surface area contributed by atoms with Gasteiger partial charge in [0.15, 0.2) is 30.5 Å². The third-order valence-electron chi connectivity index (χ3n) is 8.43. The Morgan fingerprint density at radius 3 is 2.33 bits per heavy atom. The number of ether oxygens (including phenoxy) is 3. The lowest BCUT2D eigenvalue weighted by Gasteiger charge is -2.28. The van der Waals surface area contributed by atoms with Gasteiger partial charge in [0, 0.05) is 25.8 Å². The molecule has 2 aromatic rings. The molecule has 1 aliphatic heterocycles. The zero-order chi connectivity index (χ0) is 36.2. The summed E-state index contributed by atoms with van der Waals surface area (Å²) in [6.07, 6.45) is -0.977. The standard InChI is InChI=1S/C31H49ClN7O9P/c1-16(2)46-29(43)18(5)13-49(45,37-19(6)30(44)47-17(3)4)14-22(40)38(7)12-21-24(41)25(42)28(48-21)39-15-33-23-26(34-20-10-8-9-11-20)35-31(32)36-27(23)39/h15-21,24-25,28,41-42H,8-14H2,1-7H3,(H,37,45)(H,34,35,36)/t18-,19+,21-,24-,25-,28-,49?/m1/s1. The number of nitrogens with zero attached hydrogens (tertiary/aromatic N) is 5. The maximum atomic E-state index is 14.2. The van der Waals surface area contributed by atoms with E-state index in [2.05, 4.69) is 25.4 Å². The van der Waals surface area contributed by atoms with Gasteiger partial charge in [-0.2, -0.15) is 9.97 Å². The zero-order valence-corrected chi connectivity index (χ0v) is 30.7. The van der Waals surface area contributed by atoms with Gasteiger partial charge in [-0.05, 0) is 59.1 Å². The van der Waals surface area contributed by atoms with E-state index in [-0.39, 0.29) is 24.0 Å². The molecule has 1 saturated carbocycles. The quantitative estimate of drug-likeness (QED) is 0.118. The van der Waals surface area contributed by atoms with Crippen LogP contribution >= 0.6 is 18.9 Å². The van der Waals surface area contributed by atoms with E-state index < -0.39 is 80.0 Å². The lowest BCUT2D eigenvalue weighted by atomic mass is 10.1. The molecule has 0 aromatic carbocycles. The molecule has 16 nitrogen and oxygen atoms in total. The van der Waals surface area contributed by atoms with Crippen molar-refractivity contribution in [1.82, 2.24) is 29.5 Å². The summed E-state index contributed by atoms with van der Waals surface area (Å²) in [7, 11) is -2.31. The fraction of sp³-hybridized carbons (Fsp3) is 0.742. The molecule has 0 spiro atoms. The minimum absolute atomic E-state index is 0.0266. The Labute approximate surface area is 291 Å². The summed E-state index contributed by atoms with van der Waals surface area (Å²) in [6, 6.07) is -0.807. The summed E-state index contributed by atoms with van der Waals surface area (Å²) in [5, 5.41) is 28.1. The summed E-state index contributed by atoms with van der Waals surface area (Å²) in [6.45, 7) is 9.57. The van der Waals surface area contributed by atoms with E-state index in [1.165, 1.54) is 29.8 Å². The number of amides is 1. The van der Waals surface area contributed by atoms with Crippen LogP contribution in [0.4, 0.5) is 5.82 Å². The second-order valence-corrected chi connectivity index (χ2v) is 16.6. The minimum atomic E-state index is -3.75. The van der Waals surface area contributed by atoms with E-state index in [1.54, 1.807) is 34.6 Å².